The van der Waals surface area contributed by atoms with E-state index in [-0.39, 0.29) is 22.3 Å². The molecule has 0 atom stereocenters. The van der Waals surface area contributed by atoms with Crippen molar-refractivity contribution >= 4 is 75.7 Å². The summed E-state index contributed by atoms with van der Waals surface area (Å²) in [4.78, 5) is 48.2. The zero-order chi connectivity index (χ0) is 43.3. The molecular weight excluding hydrogens is 1160 g/mol. The van der Waals surface area contributed by atoms with Gasteiger partial charge in [-0.15, -0.1) is 0 Å². The number of carbonyl (C=O) groups is 4. The van der Waals surface area contributed by atoms with Crippen LogP contribution in [0.3, 0.4) is 0 Å². The molecule has 0 heterocycles. The molecule has 0 saturated heterocycles. The molecule has 306 valence electrons. The third kappa shape index (κ3) is 13.5. The van der Waals surface area contributed by atoms with Gasteiger partial charge in [-0.2, -0.15) is 0 Å². The van der Waals surface area contributed by atoms with Crippen LogP contribution in [0.1, 0.15) is 27.7 Å². The Labute approximate surface area is 366 Å². The van der Waals surface area contributed by atoms with E-state index in [2.05, 4.69) is 26.3 Å². The molecule has 5 aromatic rings. The summed E-state index contributed by atoms with van der Waals surface area (Å²) in [6.07, 6.45) is 0. The Morgan fingerprint density at radius 3 is 0.650 bits per heavy atom. The monoisotopic (exact) mass is 1200 g/mol. The fraction of sp³-hybridized carbons (Fsp3) is 0.0870. The van der Waals surface area contributed by atoms with Gasteiger partial charge in [-0.1, -0.05) is 0 Å². The first kappa shape index (κ1) is 45.0. The maximum atomic E-state index is 12.1. The first-order chi connectivity index (χ1) is 28.6. The Morgan fingerprint density at radius 2 is 0.483 bits per heavy atom. The molecule has 0 aliphatic rings. The van der Waals surface area contributed by atoms with Crippen molar-refractivity contribution in [3.05, 3.63) is 170 Å². The Bertz CT molecular complexity index is 2070. The molecule has 0 amide bonds. The molecule has 0 spiro atoms. The molecule has 0 bridgehead atoms. The standard InChI is InChI=1S/4C10H10O3.C6H4.2Bi/c4*1-7(2)10(12)13-9-5-3-8(11)4-6-9;1-2-4-6-5-3-1;;/h4*3-6,11H,1H2,2H3;1-2,5-6H;;/q;;;;;2*+2/p-4. The third-order valence-electron chi connectivity index (χ3n) is 7.56. The van der Waals surface area contributed by atoms with Crippen LogP contribution in [0.5, 0.6) is 46.0 Å². The molecule has 12 nitrogen and oxygen atoms in total. The summed E-state index contributed by atoms with van der Waals surface area (Å²) in [5.41, 5.74) is 1.07. The fourth-order valence-corrected chi connectivity index (χ4v) is 14.2. The second-order valence-corrected chi connectivity index (χ2v) is 23.8. The van der Waals surface area contributed by atoms with E-state index in [9.17, 15) is 19.2 Å². The van der Waals surface area contributed by atoms with Crippen LogP contribution in [-0.4, -0.2) is 69.1 Å². The number of benzene rings is 5. The van der Waals surface area contributed by atoms with Crippen molar-refractivity contribution in [3.63, 3.8) is 0 Å². The number of carbonyl (C=O) groups excluding carboxylic acids is 4. The van der Waals surface area contributed by atoms with Gasteiger partial charge in [0.1, 0.15) is 0 Å². The SMILES string of the molecule is C=C(C)C(=O)Oc1ccc([O][Bi]([O]c2ccc(OC(=O)C(=C)C)cc2)[c]2cc[c]([Bi]([O]c3ccc(OC(=O)C(=C)C)cc3)[O]c3ccc(OC(=O)C(=C)C)cc3)cc2)cc1. The van der Waals surface area contributed by atoms with Crippen LogP contribution in [0.25, 0.3) is 0 Å². The molecule has 0 aliphatic heterocycles. The molecule has 5 rings (SSSR count). The van der Waals surface area contributed by atoms with Crippen molar-refractivity contribution in [1.82, 2.24) is 0 Å². The fourth-order valence-electron chi connectivity index (χ4n) is 4.38. The van der Waals surface area contributed by atoms with Crippen LogP contribution in [0.4, 0.5) is 0 Å². The predicted octanol–water partition coefficient (Wildman–Crippen LogP) is 7.32. The molecule has 0 fully saturated rings. The number of hydrogen-bond donors (Lipinski definition) is 0. The Hall–Kier alpha value is -6.09. The van der Waals surface area contributed by atoms with Crippen LogP contribution in [-0.2, 0) is 19.2 Å². The average molecular weight is 1200 g/mol. The molecule has 0 radical (unpaired) electrons. The van der Waals surface area contributed by atoms with E-state index in [4.69, 9.17) is 30.2 Å². The molecule has 0 aromatic heterocycles. The molecule has 0 saturated carbocycles. The molecular formula is C46H40Bi2O12. The number of ether oxygens (including phenoxy) is 4. The minimum atomic E-state index is -3.65. The summed E-state index contributed by atoms with van der Waals surface area (Å²) in [6.45, 7) is 20.7. The van der Waals surface area contributed by atoms with Gasteiger partial charge in [0.05, 0.1) is 0 Å². The van der Waals surface area contributed by atoms with Gasteiger partial charge >= 0.3 is 369 Å². The van der Waals surface area contributed by atoms with Gasteiger partial charge in [-0.25, -0.2) is 0 Å². The molecule has 14 heteroatoms. The summed E-state index contributed by atoms with van der Waals surface area (Å²) in [5, 5.41) is 0. The van der Waals surface area contributed by atoms with Crippen LogP contribution >= 0.6 is 0 Å². The molecule has 0 aliphatic carbocycles. The van der Waals surface area contributed by atoms with E-state index >= 15 is 0 Å². The third-order valence-corrected chi connectivity index (χ3v) is 19.0. The Kier molecular flexibility index (Phi) is 15.9. The summed E-state index contributed by atoms with van der Waals surface area (Å²) < 4.78 is 49.1. The first-order valence-corrected chi connectivity index (χ1v) is 27.1. The van der Waals surface area contributed by atoms with Gasteiger partial charge in [0.2, 0.25) is 0 Å². The van der Waals surface area contributed by atoms with Crippen molar-refractivity contribution in [2.75, 3.05) is 0 Å². The van der Waals surface area contributed by atoms with Crippen LogP contribution in [0.2, 0.25) is 0 Å². The molecule has 60 heavy (non-hydrogen) atoms. The van der Waals surface area contributed by atoms with E-state index in [1.807, 2.05) is 24.3 Å². The minimum absolute atomic E-state index is 0.269. The first-order valence-electron chi connectivity index (χ1n) is 18.0. The van der Waals surface area contributed by atoms with Crippen molar-refractivity contribution in [3.8, 4) is 46.0 Å². The van der Waals surface area contributed by atoms with E-state index in [1.54, 1.807) is 125 Å². The van der Waals surface area contributed by atoms with E-state index in [1.165, 1.54) is 0 Å². The van der Waals surface area contributed by atoms with E-state index in [0.717, 1.165) is 6.54 Å². The van der Waals surface area contributed by atoms with Crippen molar-refractivity contribution < 1.29 is 49.4 Å². The Balaban J connectivity index is 1.42. The molecule has 5 aromatic carbocycles. The van der Waals surface area contributed by atoms with Gasteiger partial charge in [0.25, 0.3) is 0 Å². The van der Waals surface area contributed by atoms with Crippen LogP contribution in [0.15, 0.2) is 170 Å². The average Bonchev–Trinajstić information content (AvgIpc) is 3.23. The summed E-state index contributed by atoms with van der Waals surface area (Å²) in [6, 6.07) is 34.1. The normalized spacial score (nSPS) is 10.5. The molecule has 0 N–H and O–H groups in total. The van der Waals surface area contributed by atoms with Gasteiger partial charge in [-0.3, -0.25) is 0 Å². The number of hydrogen-bond acceptors (Lipinski definition) is 12. The van der Waals surface area contributed by atoms with Gasteiger partial charge in [-0.05, 0) is 0 Å². The van der Waals surface area contributed by atoms with E-state index < -0.39 is 69.1 Å². The number of esters is 4. The van der Waals surface area contributed by atoms with Crippen molar-refractivity contribution in [2.24, 2.45) is 0 Å². The van der Waals surface area contributed by atoms with E-state index in [0.29, 0.717) is 46.0 Å². The van der Waals surface area contributed by atoms with Crippen molar-refractivity contribution in [1.29, 1.82) is 0 Å². The predicted molar refractivity (Wildman–Crippen MR) is 227 cm³/mol. The molecule has 0 unspecified atom stereocenters. The van der Waals surface area contributed by atoms with Crippen molar-refractivity contribution in [2.45, 2.75) is 27.7 Å². The van der Waals surface area contributed by atoms with Gasteiger partial charge in [0, 0.05) is 0 Å². The van der Waals surface area contributed by atoms with Crippen LogP contribution in [0, 0.1) is 0 Å². The number of rotatable bonds is 18. The van der Waals surface area contributed by atoms with Gasteiger partial charge in [0.15, 0.2) is 0 Å². The zero-order valence-electron chi connectivity index (χ0n) is 33.2. The summed E-state index contributed by atoms with van der Waals surface area (Å²) in [5.74, 6) is 1.14. The summed E-state index contributed by atoms with van der Waals surface area (Å²) >= 11 is -7.30. The van der Waals surface area contributed by atoms with Crippen LogP contribution < -0.4 is 36.7 Å². The summed E-state index contributed by atoms with van der Waals surface area (Å²) in [7, 11) is 0. The zero-order valence-corrected chi connectivity index (χ0v) is 40.1. The maximum absolute atomic E-state index is 12.1. The second-order valence-electron chi connectivity index (χ2n) is 13.0. The Morgan fingerprint density at radius 1 is 0.317 bits per heavy atom. The second kappa shape index (κ2) is 21.2. The topological polar surface area (TPSA) is 142 Å². The quantitative estimate of drug-likeness (QED) is 0.0376. The van der Waals surface area contributed by atoms with Gasteiger partial charge < -0.3 is 0 Å².